The standard InChI is InChI=1S/C6H14NO4S/c1-7(2,3)12(8,9)11-5-6-4-10-6/h6H,4-5H2,1-3H3/q+1. The van der Waals surface area contributed by atoms with Crippen LogP contribution in [0.4, 0.5) is 0 Å². The number of rotatable bonds is 4. The number of nitrogens with zero attached hydrogens (tertiary/aromatic N) is 1. The highest BCUT2D eigenvalue weighted by molar-refractivity contribution is 7.81. The summed E-state index contributed by atoms with van der Waals surface area (Å²) >= 11 is 0. The maximum absolute atomic E-state index is 11.3. The van der Waals surface area contributed by atoms with E-state index in [9.17, 15) is 8.42 Å². The van der Waals surface area contributed by atoms with E-state index in [0.29, 0.717) is 6.61 Å². The van der Waals surface area contributed by atoms with E-state index < -0.39 is 10.3 Å². The lowest BCUT2D eigenvalue weighted by atomic mass is 10.5. The van der Waals surface area contributed by atoms with Crippen molar-refractivity contribution in [1.29, 1.82) is 0 Å². The summed E-state index contributed by atoms with van der Waals surface area (Å²) in [6.45, 7) is 0.741. The number of ether oxygens (including phenoxy) is 1. The Labute approximate surface area is 72.7 Å². The fraction of sp³-hybridized carbons (Fsp3) is 1.00. The highest BCUT2D eigenvalue weighted by atomic mass is 32.2. The topological polar surface area (TPSA) is 55.9 Å². The molecule has 0 saturated carbocycles. The molecule has 0 aromatic heterocycles. The molecule has 1 aliphatic heterocycles. The molecule has 1 rings (SSSR count). The third-order valence-electron chi connectivity index (χ3n) is 1.48. The minimum atomic E-state index is -3.50. The summed E-state index contributed by atoms with van der Waals surface area (Å²) < 4.78 is 31.9. The molecule has 1 unspecified atom stereocenters. The van der Waals surface area contributed by atoms with Gasteiger partial charge in [0.1, 0.15) is 12.7 Å². The van der Waals surface area contributed by atoms with Crippen molar-refractivity contribution in [2.24, 2.45) is 0 Å². The van der Waals surface area contributed by atoms with Gasteiger partial charge in [0, 0.05) is 0 Å². The maximum atomic E-state index is 11.3. The van der Waals surface area contributed by atoms with Crippen molar-refractivity contribution in [3.05, 3.63) is 0 Å². The van der Waals surface area contributed by atoms with Gasteiger partial charge in [0.25, 0.3) is 0 Å². The molecule has 5 nitrogen and oxygen atoms in total. The van der Waals surface area contributed by atoms with Crippen molar-refractivity contribution in [2.75, 3.05) is 34.4 Å². The van der Waals surface area contributed by atoms with Gasteiger partial charge in [0.2, 0.25) is 0 Å². The average Bonchev–Trinajstić information content (AvgIpc) is 2.62. The second-order valence-electron chi connectivity index (χ2n) is 3.56. The Bertz CT molecular complexity index is 249. The molecular weight excluding hydrogens is 182 g/mol. The molecule has 6 heteroatoms. The second-order valence-corrected chi connectivity index (χ2v) is 5.74. The van der Waals surface area contributed by atoms with Crippen LogP contribution in [0.25, 0.3) is 0 Å². The molecule has 0 radical (unpaired) electrons. The van der Waals surface area contributed by atoms with Crippen LogP contribution in [0.5, 0.6) is 0 Å². The minimum absolute atomic E-state index is 0.0219. The van der Waals surface area contributed by atoms with E-state index in [1.165, 1.54) is 0 Å². The lowest BCUT2D eigenvalue weighted by molar-refractivity contribution is -0.744. The quantitative estimate of drug-likeness (QED) is 0.443. The summed E-state index contributed by atoms with van der Waals surface area (Å²) in [7, 11) is 1.14. The molecule has 12 heavy (non-hydrogen) atoms. The molecule has 1 atom stereocenters. The van der Waals surface area contributed by atoms with E-state index in [1.807, 2.05) is 0 Å². The first-order valence-corrected chi connectivity index (χ1v) is 5.02. The summed E-state index contributed by atoms with van der Waals surface area (Å²) in [6, 6.07) is 0. The van der Waals surface area contributed by atoms with Crippen molar-refractivity contribution < 1.29 is 21.2 Å². The molecule has 1 aliphatic rings. The van der Waals surface area contributed by atoms with Gasteiger partial charge in [-0.05, 0) is 0 Å². The molecule has 0 amide bonds. The highest BCUT2D eigenvalue weighted by Crippen LogP contribution is 2.13. The normalized spacial score (nSPS) is 24.1. The predicted octanol–water partition coefficient (Wildman–Crippen LogP) is -0.647. The Hall–Kier alpha value is -0.170. The molecule has 0 aromatic carbocycles. The number of epoxide rings is 1. The van der Waals surface area contributed by atoms with Gasteiger partial charge in [-0.1, -0.05) is 0 Å². The van der Waals surface area contributed by atoms with Gasteiger partial charge in [0.05, 0.1) is 27.7 Å². The minimum Gasteiger partial charge on any atom is -0.371 e. The summed E-state index contributed by atoms with van der Waals surface area (Å²) in [5.41, 5.74) is 0. The van der Waals surface area contributed by atoms with Gasteiger partial charge in [-0.2, -0.15) is 0 Å². The van der Waals surface area contributed by atoms with Crippen LogP contribution in [-0.2, 0) is 19.2 Å². The largest absolute Gasteiger partial charge is 0.434 e. The van der Waals surface area contributed by atoms with Crippen molar-refractivity contribution in [1.82, 2.24) is 0 Å². The number of quaternary nitrogens is 1. The molecule has 0 aliphatic carbocycles. The molecule has 1 heterocycles. The Morgan fingerprint density at radius 2 is 2.00 bits per heavy atom. The average molecular weight is 196 g/mol. The zero-order chi connectivity index (χ0) is 9.41. The van der Waals surface area contributed by atoms with E-state index in [0.717, 1.165) is 0 Å². The van der Waals surface area contributed by atoms with Crippen LogP contribution in [0.15, 0.2) is 0 Å². The lowest BCUT2D eigenvalue weighted by Gasteiger charge is -2.20. The first kappa shape index (κ1) is 9.91. The Morgan fingerprint density at radius 3 is 2.33 bits per heavy atom. The fourth-order valence-electron chi connectivity index (χ4n) is 0.484. The molecule has 0 spiro atoms. The number of hydrogen-bond donors (Lipinski definition) is 0. The zero-order valence-corrected chi connectivity index (χ0v) is 8.30. The monoisotopic (exact) mass is 196 g/mol. The van der Waals surface area contributed by atoms with Gasteiger partial charge in [0.15, 0.2) is 0 Å². The van der Waals surface area contributed by atoms with E-state index in [-0.39, 0.29) is 16.6 Å². The summed E-state index contributed by atoms with van der Waals surface area (Å²) in [5, 5.41) is 0. The smallest absolute Gasteiger partial charge is 0.371 e. The van der Waals surface area contributed by atoms with Crippen molar-refractivity contribution in [3.8, 4) is 0 Å². The molecule has 0 bridgehead atoms. The van der Waals surface area contributed by atoms with Crippen LogP contribution in [0.3, 0.4) is 0 Å². The summed E-state index contributed by atoms with van der Waals surface area (Å²) in [5.74, 6) is 0. The zero-order valence-electron chi connectivity index (χ0n) is 7.48. The van der Waals surface area contributed by atoms with E-state index in [1.54, 1.807) is 21.1 Å². The molecule has 0 N–H and O–H groups in total. The van der Waals surface area contributed by atoms with Gasteiger partial charge in [-0.25, -0.2) is 8.07 Å². The van der Waals surface area contributed by atoms with Crippen LogP contribution in [0.1, 0.15) is 0 Å². The molecule has 72 valence electrons. The first-order valence-electron chi connectivity index (χ1n) is 3.65. The van der Waals surface area contributed by atoms with Crippen molar-refractivity contribution in [3.63, 3.8) is 0 Å². The Kier molecular flexibility index (Phi) is 2.44. The SMILES string of the molecule is C[N+](C)(C)S(=O)(=O)OCC1CO1. The third-order valence-corrected chi connectivity index (χ3v) is 3.25. The van der Waals surface area contributed by atoms with Crippen molar-refractivity contribution >= 4 is 10.3 Å². The molecular formula is C6H14NO4S+. The Balaban J connectivity index is 2.47. The predicted molar refractivity (Wildman–Crippen MR) is 42.6 cm³/mol. The van der Waals surface area contributed by atoms with Crippen LogP contribution in [-0.4, -0.2) is 52.8 Å². The summed E-state index contributed by atoms with van der Waals surface area (Å²) in [4.78, 5) is 0. The van der Waals surface area contributed by atoms with E-state index >= 15 is 0 Å². The Morgan fingerprint density at radius 1 is 1.50 bits per heavy atom. The molecule has 1 saturated heterocycles. The third kappa shape index (κ3) is 2.41. The molecule has 0 aromatic rings. The number of hydrogen-bond acceptors (Lipinski definition) is 4. The van der Waals surface area contributed by atoms with Gasteiger partial charge in [-0.15, -0.1) is 8.42 Å². The van der Waals surface area contributed by atoms with Crippen LogP contribution >= 0.6 is 0 Å². The van der Waals surface area contributed by atoms with E-state index in [4.69, 9.17) is 8.92 Å². The molecule has 1 fully saturated rings. The first-order chi connectivity index (χ1) is 5.33. The summed E-state index contributed by atoms with van der Waals surface area (Å²) in [6.07, 6.45) is -0.0219. The lowest BCUT2D eigenvalue weighted by Crippen LogP contribution is -2.42. The van der Waals surface area contributed by atoms with E-state index in [2.05, 4.69) is 0 Å². The van der Waals surface area contributed by atoms with Gasteiger partial charge < -0.3 is 4.74 Å². The van der Waals surface area contributed by atoms with Crippen molar-refractivity contribution in [2.45, 2.75) is 6.10 Å². The fourth-order valence-corrected chi connectivity index (χ4v) is 1.12. The van der Waals surface area contributed by atoms with Crippen LogP contribution in [0, 0.1) is 0 Å². The second kappa shape index (κ2) is 2.95. The van der Waals surface area contributed by atoms with Gasteiger partial charge in [-0.3, -0.25) is 0 Å². The maximum Gasteiger partial charge on any atom is 0.434 e. The van der Waals surface area contributed by atoms with Crippen LogP contribution < -0.4 is 0 Å². The van der Waals surface area contributed by atoms with Gasteiger partial charge >= 0.3 is 10.3 Å². The van der Waals surface area contributed by atoms with Crippen LogP contribution in [0.2, 0.25) is 0 Å². The highest BCUT2D eigenvalue weighted by Gasteiger charge is 2.33.